The molecular formula is C15H24ClN3. The minimum Gasteiger partial charge on any atom is -0.354 e. The molecule has 2 heterocycles. The number of pyridine rings is 1. The Morgan fingerprint density at radius 3 is 2.74 bits per heavy atom. The van der Waals surface area contributed by atoms with Gasteiger partial charge in [-0.25, -0.2) is 4.98 Å². The Morgan fingerprint density at radius 1 is 1.42 bits per heavy atom. The summed E-state index contributed by atoms with van der Waals surface area (Å²) in [7, 11) is 0. The van der Waals surface area contributed by atoms with Crippen LogP contribution < -0.4 is 10.2 Å². The molecule has 0 spiro atoms. The molecule has 1 unspecified atom stereocenters. The number of nitrogens with zero attached hydrogens (tertiary/aromatic N) is 2. The van der Waals surface area contributed by atoms with E-state index in [0.29, 0.717) is 12.6 Å². The van der Waals surface area contributed by atoms with E-state index in [2.05, 4.69) is 37.9 Å². The summed E-state index contributed by atoms with van der Waals surface area (Å²) in [5.41, 5.74) is 1.01. The maximum atomic E-state index is 6.25. The second-order valence-corrected chi connectivity index (χ2v) is 6.79. The number of aromatic nitrogens is 1. The Balaban J connectivity index is 2.15. The van der Waals surface area contributed by atoms with Gasteiger partial charge in [0.15, 0.2) is 0 Å². The van der Waals surface area contributed by atoms with Crippen LogP contribution in [0.1, 0.15) is 46.2 Å². The number of anilines is 1. The first-order chi connectivity index (χ1) is 8.87. The fourth-order valence-electron chi connectivity index (χ4n) is 2.38. The van der Waals surface area contributed by atoms with Gasteiger partial charge in [-0.1, -0.05) is 11.6 Å². The highest BCUT2D eigenvalue weighted by Gasteiger charge is 2.22. The topological polar surface area (TPSA) is 28.2 Å². The first-order valence-corrected chi connectivity index (χ1v) is 7.42. The van der Waals surface area contributed by atoms with Crippen LogP contribution >= 0.6 is 11.6 Å². The number of nitrogens with one attached hydrogen (secondary N) is 1. The van der Waals surface area contributed by atoms with Crippen LogP contribution in [0.5, 0.6) is 0 Å². The average molecular weight is 282 g/mol. The number of hydrogen-bond donors (Lipinski definition) is 1. The molecule has 1 N–H and O–H groups in total. The summed E-state index contributed by atoms with van der Waals surface area (Å²) >= 11 is 6.25. The maximum Gasteiger partial charge on any atom is 0.129 e. The van der Waals surface area contributed by atoms with Crippen LogP contribution in [0.2, 0.25) is 5.02 Å². The van der Waals surface area contributed by atoms with Gasteiger partial charge in [0.05, 0.1) is 10.7 Å². The van der Waals surface area contributed by atoms with Crippen molar-refractivity contribution in [3.8, 4) is 0 Å². The molecule has 19 heavy (non-hydrogen) atoms. The van der Waals surface area contributed by atoms with Crippen LogP contribution in [0.15, 0.2) is 12.1 Å². The molecule has 1 aliphatic heterocycles. The van der Waals surface area contributed by atoms with Crippen molar-refractivity contribution in [1.82, 2.24) is 10.3 Å². The molecule has 0 radical (unpaired) electrons. The summed E-state index contributed by atoms with van der Waals surface area (Å²) in [6, 6.07) is 4.58. The van der Waals surface area contributed by atoms with E-state index in [9.17, 15) is 0 Å². The van der Waals surface area contributed by atoms with Crippen LogP contribution in [-0.2, 0) is 6.54 Å². The van der Waals surface area contributed by atoms with Gasteiger partial charge in [-0.05, 0) is 52.7 Å². The Labute approximate surface area is 121 Å². The predicted molar refractivity (Wildman–Crippen MR) is 81.9 cm³/mol. The fourth-order valence-corrected chi connectivity index (χ4v) is 2.55. The van der Waals surface area contributed by atoms with Crippen LogP contribution in [0.25, 0.3) is 0 Å². The van der Waals surface area contributed by atoms with E-state index in [1.807, 2.05) is 12.1 Å². The third-order valence-electron chi connectivity index (χ3n) is 3.54. The molecule has 1 fully saturated rings. The molecule has 0 amide bonds. The molecule has 106 valence electrons. The molecule has 4 heteroatoms. The van der Waals surface area contributed by atoms with E-state index in [1.165, 1.54) is 12.8 Å². The summed E-state index contributed by atoms with van der Waals surface area (Å²) in [4.78, 5) is 7.11. The lowest BCUT2D eigenvalue weighted by Gasteiger charge is -2.24. The zero-order chi connectivity index (χ0) is 14.0. The molecule has 1 aromatic heterocycles. The van der Waals surface area contributed by atoms with Crippen molar-refractivity contribution in [1.29, 1.82) is 0 Å². The first-order valence-electron chi connectivity index (χ1n) is 7.04. The normalized spacial score (nSPS) is 20.1. The molecule has 3 nitrogen and oxygen atoms in total. The maximum absolute atomic E-state index is 6.25. The summed E-state index contributed by atoms with van der Waals surface area (Å²) in [6.07, 6.45) is 2.50. The summed E-state index contributed by atoms with van der Waals surface area (Å²) in [6.45, 7) is 10.5. The van der Waals surface area contributed by atoms with Crippen molar-refractivity contribution >= 4 is 17.4 Å². The van der Waals surface area contributed by atoms with E-state index in [0.717, 1.165) is 23.1 Å². The third-order valence-corrected chi connectivity index (χ3v) is 3.88. The monoisotopic (exact) mass is 281 g/mol. The molecule has 1 atom stereocenters. The first kappa shape index (κ1) is 14.6. The van der Waals surface area contributed by atoms with E-state index < -0.39 is 0 Å². The minimum atomic E-state index is 0.0714. The van der Waals surface area contributed by atoms with Gasteiger partial charge in [-0.3, -0.25) is 0 Å². The van der Waals surface area contributed by atoms with E-state index in [1.54, 1.807) is 0 Å². The van der Waals surface area contributed by atoms with Crippen molar-refractivity contribution in [3.05, 3.63) is 22.8 Å². The molecule has 0 saturated carbocycles. The molecule has 2 rings (SSSR count). The van der Waals surface area contributed by atoms with Crippen molar-refractivity contribution in [2.75, 3.05) is 11.4 Å². The highest BCUT2D eigenvalue weighted by atomic mass is 35.5. The highest BCUT2D eigenvalue weighted by molar-refractivity contribution is 6.31. The largest absolute Gasteiger partial charge is 0.354 e. The minimum absolute atomic E-state index is 0.0714. The Bertz CT molecular complexity index is 440. The smallest absolute Gasteiger partial charge is 0.129 e. The van der Waals surface area contributed by atoms with Crippen LogP contribution in [-0.4, -0.2) is 23.1 Å². The van der Waals surface area contributed by atoms with Crippen LogP contribution in [0.4, 0.5) is 5.82 Å². The SMILES string of the molecule is CC1CCCN1c1ccc(Cl)c(CNC(C)(C)C)n1. The molecule has 0 bridgehead atoms. The third kappa shape index (κ3) is 3.83. The standard InChI is InChI=1S/C15H24ClN3/c1-11-6-5-9-19(11)14-8-7-12(16)13(18-14)10-17-15(2,3)4/h7-8,11,17H,5-6,9-10H2,1-4H3. The van der Waals surface area contributed by atoms with Gasteiger partial charge in [0, 0.05) is 24.7 Å². The van der Waals surface area contributed by atoms with Crippen LogP contribution in [0, 0.1) is 0 Å². The number of hydrogen-bond acceptors (Lipinski definition) is 3. The zero-order valence-corrected chi connectivity index (χ0v) is 13.1. The van der Waals surface area contributed by atoms with Crippen LogP contribution in [0.3, 0.4) is 0 Å². The second-order valence-electron chi connectivity index (χ2n) is 6.39. The molecule has 0 aromatic carbocycles. The van der Waals surface area contributed by atoms with Crippen molar-refractivity contribution in [2.45, 2.75) is 58.7 Å². The van der Waals surface area contributed by atoms with E-state index >= 15 is 0 Å². The second kappa shape index (κ2) is 5.68. The molecule has 1 aliphatic rings. The fraction of sp³-hybridized carbons (Fsp3) is 0.667. The Hall–Kier alpha value is -0.800. The van der Waals surface area contributed by atoms with Crippen molar-refractivity contribution in [3.63, 3.8) is 0 Å². The summed E-state index contributed by atoms with van der Waals surface area (Å²) in [5.74, 6) is 1.06. The average Bonchev–Trinajstić information content (AvgIpc) is 2.73. The van der Waals surface area contributed by atoms with Gasteiger partial charge < -0.3 is 10.2 Å². The van der Waals surface area contributed by atoms with Crippen molar-refractivity contribution < 1.29 is 0 Å². The van der Waals surface area contributed by atoms with E-state index in [4.69, 9.17) is 16.6 Å². The predicted octanol–water partition coefficient (Wildman–Crippen LogP) is 3.61. The Morgan fingerprint density at radius 2 is 2.16 bits per heavy atom. The molecular weight excluding hydrogens is 258 g/mol. The van der Waals surface area contributed by atoms with Gasteiger partial charge in [-0.15, -0.1) is 0 Å². The highest BCUT2D eigenvalue weighted by Crippen LogP contribution is 2.26. The Kier molecular flexibility index (Phi) is 4.36. The molecule has 1 aromatic rings. The lowest BCUT2D eigenvalue weighted by molar-refractivity contribution is 0.421. The van der Waals surface area contributed by atoms with Gasteiger partial charge in [0.1, 0.15) is 5.82 Å². The van der Waals surface area contributed by atoms with Crippen molar-refractivity contribution in [2.24, 2.45) is 0 Å². The van der Waals surface area contributed by atoms with Gasteiger partial charge in [-0.2, -0.15) is 0 Å². The van der Waals surface area contributed by atoms with Gasteiger partial charge in [0.2, 0.25) is 0 Å². The lowest BCUT2D eigenvalue weighted by Crippen LogP contribution is -2.35. The summed E-state index contributed by atoms with van der Waals surface area (Å²) < 4.78 is 0. The van der Waals surface area contributed by atoms with Gasteiger partial charge in [0.25, 0.3) is 0 Å². The number of halogens is 1. The van der Waals surface area contributed by atoms with E-state index in [-0.39, 0.29) is 5.54 Å². The molecule has 0 aliphatic carbocycles. The number of rotatable bonds is 3. The summed E-state index contributed by atoms with van der Waals surface area (Å²) in [5, 5.41) is 4.19. The quantitative estimate of drug-likeness (QED) is 0.917. The zero-order valence-electron chi connectivity index (χ0n) is 12.3. The molecule has 1 saturated heterocycles. The van der Waals surface area contributed by atoms with Gasteiger partial charge >= 0.3 is 0 Å². The lowest BCUT2D eigenvalue weighted by atomic mass is 10.1.